The van der Waals surface area contributed by atoms with Gasteiger partial charge in [0, 0.05) is 39.1 Å². The molecule has 2 aliphatic heterocycles. The third-order valence-corrected chi connectivity index (χ3v) is 19.3. The van der Waals surface area contributed by atoms with Crippen LogP contribution in [0, 0.1) is 6.92 Å². The van der Waals surface area contributed by atoms with Gasteiger partial charge in [0.1, 0.15) is 11.2 Å². The first kappa shape index (κ1) is 50.1. The summed E-state index contributed by atoms with van der Waals surface area (Å²) in [5.74, 6) is 0. The summed E-state index contributed by atoms with van der Waals surface area (Å²) in [5.41, 5.74) is 32.3. The summed E-state index contributed by atoms with van der Waals surface area (Å²) in [7, 11) is 0. The molecule has 4 heteroatoms. The summed E-state index contributed by atoms with van der Waals surface area (Å²) in [4.78, 5) is 5.39. The fourth-order valence-corrected chi connectivity index (χ4v) is 15.5. The first-order valence-corrected chi connectivity index (χ1v) is 30.4. The number of benzene rings is 12. The molecule has 0 N–H and O–H groups in total. The number of nitrogens with zero attached hydrogens (tertiary/aromatic N) is 2. The molecular weight excluding hydrogens is 1040 g/mol. The zero-order valence-corrected chi connectivity index (χ0v) is 48.3. The van der Waals surface area contributed by atoms with Gasteiger partial charge in [-0.3, -0.25) is 0 Å². The Labute approximate surface area is 503 Å². The minimum absolute atomic E-state index is 0.0198. The zero-order chi connectivity index (χ0) is 57.2. The summed E-state index contributed by atoms with van der Waals surface area (Å²) >= 11 is 0. The lowest BCUT2D eigenvalue weighted by atomic mass is 9.33. The van der Waals surface area contributed by atoms with Crippen LogP contribution in [0.25, 0.3) is 83.1 Å². The average molecular weight is 1100 g/mol. The molecular formula is C82H59BN2O. The maximum atomic E-state index is 6.53. The molecule has 0 saturated carbocycles. The monoisotopic (exact) mass is 1100 g/mol. The number of hydrogen-bond acceptors (Lipinski definition) is 3. The van der Waals surface area contributed by atoms with Crippen LogP contribution in [0.3, 0.4) is 0 Å². The highest BCUT2D eigenvalue weighted by molar-refractivity contribution is 7.00. The predicted octanol–water partition coefficient (Wildman–Crippen LogP) is 19.4. The fourth-order valence-electron chi connectivity index (χ4n) is 15.5. The number of allylic oxidation sites excluding steroid dienone is 3. The molecule has 12 aromatic carbocycles. The number of furan rings is 1. The molecule has 2 aliphatic carbocycles. The first-order valence-electron chi connectivity index (χ1n) is 30.4. The van der Waals surface area contributed by atoms with Crippen LogP contribution >= 0.6 is 0 Å². The van der Waals surface area contributed by atoms with Gasteiger partial charge in [-0.25, -0.2) is 0 Å². The standard InChI is InChI=1S/C82H59BN2O/c1-4-60(29-21-24-53(3)61-30-12-11-23-52(61)2)84-73-44-41-57(54-25-7-5-8-26-54)48-71(73)83-72-49-58(55-27-9-6-10-28-55)42-45-74(72)85(77-51-59(50-76(84)81(77)83)56-43-46-79-67(47-56)65-34-16-20-40-78(65)86-79)75-39-22-35-66-64-33-15-19-38-70(64)82(80(66)75)68-36-17-13-31-62(68)63-32-14-18-37-69(63)82/h5-51,60H,4H2,1-3H3/b29-21?,53-24+. The van der Waals surface area contributed by atoms with Crippen molar-refractivity contribution in [2.45, 2.75) is 38.6 Å². The van der Waals surface area contributed by atoms with Crippen LogP contribution in [-0.4, -0.2) is 12.8 Å². The van der Waals surface area contributed by atoms with Crippen LogP contribution in [-0.2, 0) is 5.41 Å². The van der Waals surface area contributed by atoms with Crippen LogP contribution in [0.1, 0.15) is 53.6 Å². The van der Waals surface area contributed by atoms with E-state index in [0.29, 0.717) is 0 Å². The summed E-state index contributed by atoms with van der Waals surface area (Å²) in [6.45, 7) is 6.65. The lowest BCUT2D eigenvalue weighted by molar-refractivity contribution is 0.669. The highest BCUT2D eigenvalue weighted by Gasteiger charge is 2.54. The normalized spacial score (nSPS) is 14.3. The molecule has 0 fully saturated rings. The van der Waals surface area contributed by atoms with Gasteiger partial charge in [-0.2, -0.15) is 0 Å². The molecule has 4 aliphatic rings. The summed E-state index contributed by atoms with van der Waals surface area (Å²) in [6.07, 6.45) is 7.93. The van der Waals surface area contributed by atoms with E-state index in [4.69, 9.17) is 4.42 Å². The zero-order valence-electron chi connectivity index (χ0n) is 48.3. The fraction of sp³-hybridized carbons (Fsp3) is 0.0732. The molecule has 1 unspecified atom stereocenters. The molecule has 0 amide bonds. The SMILES string of the molecule is CCC(C=C/C=C(\C)c1ccccc1C)N1c2ccc(-c3ccccc3)cc2B2c3cc(-c4ccccc4)ccc3N(c3cccc4c3C3(c5ccccc5-c5ccccc53)c3ccccc3-4)c3cc(-c4ccc5oc6ccccc6c5c4)cc1c32. The van der Waals surface area contributed by atoms with Crippen molar-refractivity contribution in [2.75, 3.05) is 9.80 Å². The van der Waals surface area contributed by atoms with Crippen molar-refractivity contribution in [3.63, 3.8) is 0 Å². The van der Waals surface area contributed by atoms with Crippen molar-refractivity contribution >= 4 is 79.0 Å². The lowest BCUT2D eigenvalue weighted by Gasteiger charge is -2.47. The molecule has 406 valence electrons. The van der Waals surface area contributed by atoms with Crippen molar-refractivity contribution in [1.29, 1.82) is 0 Å². The average Bonchev–Trinajstić information content (AvgIpc) is 1.42. The number of rotatable bonds is 9. The van der Waals surface area contributed by atoms with Gasteiger partial charge in [0.2, 0.25) is 0 Å². The number of anilines is 5. The van der Waals surface area contributed by atoms with E-state index in [9.17, 15) is 0 Å². The van der Waals surface area contributed by atoms with Gasteiger partial charge in [0.25, 0.3) is 6.71 Å². The van der Waals surface area contributed by atoms with E-state index in [2.05, 4.69) is 316 Å². The van der Waals surface area contributed by atoms with E-state index in [0.717, 1.165) is 39.5 Å². The Hall–Kier alpha value is -10.4. The highest BCUT2D eigenvalue weighted by Crippen LogP contribution is 2.65. The van der Waals surface area contributed by atoms with Gasteiger partial charge in [0.15, 0.2) is 0 Å². The third kappa shape index (κ3) is 7.36. The van der Waals surface area contributed by atoms with Crippen LogP contribution in [0.15, 0.2) is 290 Å². The number of hydrogen-bond donors (Lipinski definition) is 0. The van der Waals surface area contributed by atoms with E-state index in [1.807, 2.05) is 0 Å². The number of aryl methyl sites for hydroxylation is 1. The second-order valence-electron chi connectivity index (χ2n) is 23.8. The Balaban J connectivity index is 0.993. The van der Waals surface area contributed by atoms with Gasteiger partial charge >= 0.3 is 0 Å². The summed E-state index contributed by atoms with van der Waals surface area (Å²) in [5, 5.41) is 2.23. The van der Waals surface area contributed by atoms with E-state index in [-0.39, 0.29) is 12.8 Å². The highest BCUT2D eigenvalue weighted by atomic mass is 16.3. The van der Waals surface area contributed by atoms with E-state index in [1.54, 1.807) is 0 Å². The van der Waals surface area contributed by atoms with E-state index < -0.39 is 5.41 Å². The Bertz CT molecular complexity index is 4930. The molecule has 1 spiro atoms. The molecule has 1 atom stereocenters. The minimum atomic E-state index is -0.604. The van der Waals surface area contributed by atoms with Crippen molar-refractivity contribution in [3.8, 4) is 55.6 Å². The topological polar surface area (TPSA) is 19.6 Å². The molecule has 1 aromatic heterocycles. The molecule has 3 nitrogen and oxygen atoms in total. The van der Waals surface area contributed by atoms with E-state index >= 15 is 0 Å². The van der Waals surface area contributed by atoms with Gasteiger partial charge in [-0.15, -0.1) is 0 Å². The van der Waals surface area contributed by atoms with Crippen LogP contribution < -0.4 is 26.2 Å². The number of para-hydroxylation sites is 1. The first-order chi connectivity index (χ1) is 42.5. The third-order valence-electron chi connectivity index (χ3n) is 19.3. The maximum Gasteiger partial charge on any atom is 0.252 e. The number of fused-ring (bicyclic) bond motifs is 17. The van der Waals surface area contributed by atoms with Gasteiger partial charge in [0.05, 0.1) is 17.1 Å². The van der Waals surface area contributed by atoms with Crippen LogP contribution in [0.4, 0.5) is 28.4 Å². The molecule has 86 heavy (non-hydrogen) atoms. The largest absolute Gasteiger partial charge is 0.456 e. The van der Waals surface area contributed by atoms with Crippen molar-refractivity contribution in [1.82, 2.24) is 0 Å². The van der Waals surface area contributed by atoms with Gasteiger partial charge < -0.3 is 14.2 Å². The maximum absolute atomic E-state index is 6.53. The molecule has 13 aromatic rings. The second-order valence-corrected chi connectivity index (χ2v) is 23.8. The molecule has 0 radical (unpaired) electrons. The minimum Gasteiger partial charge on any atom is -0.456 e. The van der Waals surface area contributed by atoms with E-state index in [1.165, 1.54) is 128 Å². The van der Waals surface area contributed by atoms with Crippen molar-refractivity contribution in [3.05, 3.63) is 319 Å². The quantitative estimate of drug-likeness (QED) is 0.106. The molecule has 0 saturated heterocycles. The molecule has 0 bridgehead atoms. The Morgan fingerprint density at radius 1 is 0.453 bits per heavy atom. The predicted molar refractivity (Wildman–Crippen MR) is 362 cm³/mol. The van der Waals surface area contributed by atoms with Crippen LogP contribution in [0.2, 0.25) is 0 Å². The molecule has 3 heterocycles. The molecule has 17 rings (SSSR count). The van der Waals surface area contributed by atoms with Gasteiger partial charge in [-0.05, 0) is 174 Å². The van der Waals surface area contributed by atoms with Crippen molar-refractivity contribution < 1.29 is 4.42 Å². The summed E-state index contributed by atoms with van der Waals surface area (Å²) < 4.78 is 6.53. The Morgan fingerprint density at radius 3 is 1.69 bits per heavy atom. The Kier molecular flexibility index (Phi) is 11.4. The van der Waals surface area contributed by atoms with Gasteiger partial charge in [-0.1, -0.05) is 244 Å². The lowest BCUT2D eigenvalue weighted by Crippen LogP contribution is -2.62. The second kappa shape index (κ2) is 19.6. The van der Waals surface area contributed by atoms with Crippen LogP contribution in [0.5, 0.6) is 0 Å². The smallest absolute Gasteiger partial charge is 0.252 e. The summed E-state index contributed by atoms with van der Waals surface area (Å²) in [6, 6.07) is 100. The van der Waals surface area contributed by atoms with Crippen molar-refractivity contribution in [2.24, 2.45) is 0 Å². The Morgan fingerprint density at radius 2 is 1.00 bits per heavy atom.